The third kappa shape index (κ3) is 2.58. The van der Waals surface area contributed by atoms with Gasteiger partial charge < -0.3 is 0 Å². The van der Waals surface area contributed by atoms with Crippen LogP contribution in [0, 0.1) is 20.8 Å². The molecule has 0 N–H and O–H groups in total. The fraction of sp³-hybridized carbons (Fsp3) is 0.308. The molecule has 0 aliphatic rings. The number of aryl methyl sites for hydroxylation is 3. The number of Topliss-reactive ketones (excluding diaryl/α,β-unsaturated/α-hetero) is 1. The Morgan fingerprint density at radius 2 is 2.06 bits per heavy atom. The summed E-state index contributed by atoms with van der Waals surface area (Å²) in [7, 11) is 0. The molecule has 0 spiro atoms. The number of rotatable bonds is 3. The maximum absolute atomic E-state index is 12.1. The van der Waals surface area contributed by atoms with E-state index in [2.05, 4.69) is 9.97 Å². The Balaban J connectivity index is 2.20. The molecule has 88 valence electrons. The minimum Gasteiger partial charge on any atom is -0.294 e. The van der Waals surface area contributed by atoms with Crippen molar-refractivity contribution in [1.29, 1.82) is 0 Å². The molecule has 3 nitrogen and oxygen atoms in total. The zero-order valence-electron chi connectivity index (χ0n) is 10.2. The molecule has 0 saturated carbocycles. The van der Waals surface area contributed by atoms with Crippen molar-refractivity contribution >= 4 is 17.1 Å². The largest absolute Gasteiger partial charge is 0.294 e. The van der Waals surface area contributed by atoms with Crippen LogP contribution < -0.4 is 0 Å². The molecule has 4 heteroatoms. The highest BCUT2D eigenvalue weighted by Gasteiger charge is 2.13. The van der Waals surface area contributed by atoms with Crippen molar-refractivity contribution < 1.29 is 4.79 Å². The molecule has 0 radical (unpaired) electrons. The molecular weight excluding hydrogens is 232 g/mol. The second-order valence-corrected chi connectivity index (χ2v) is 5.27. The second kappa shape index (κ2) is 4.75. The fourth-order valence-electron chi connectivity index (χ4n) is 1.63. The maximum Gasteiger partial charge on any atom is 0.171 e. The van der Waals surface area contributed by atoms with Gasteiger partial charge in [-0.25, -0.2) is 4.98 Å². The van der Waals surface area contributed by atoms with Crippen molar-refractivity contribution in [2.45, 2.75) is 27.2 Å². The molecule has 0 fully saturated rings. The molecule has 0 unspecified atom stereocenters. The monoisotopic (exact) mass is 246 g/mol. The second-order valence-electron chi connectivity index (χ2n) is 3.99. The number of ketones is 1. The molecule has 0 bridgehead atoms. The van der Waals surface area contributed by atoms with E-state index in [1.165, 1.54) is 4.88 Å². The van der Waals surface area contributed by atoms with Gasteiger partial charge in [0.25, 0.3) is 0 Å². The molecule has 0 amide bonds. The molecule has 0 aromatic carbocycles. The molecule has 2 heterocycles. The summed E-state index contributed by atoms with van der Waals surface area (Å²) in [6, 6.07) is 3.61. The maximum atomic E-state index is 12.1. The molecule has 0 aliphatic carbocycles. The lowest BCUT2D eigenvalue weighted by Gasteiger charge is -2.01. The number of hydrogen-bond donors (Lipinski definition) is 0. The Kier molecular flexibility index (Phi) is 3.33. The predicted octanol–water partition coefficient (Wildman–Crippen LogP) is 2.89. The lowest BCUT2D eigenvalue weighted by atomic mass is 10.1. The summed E-state index contributed by atoms with van der Waals surface area (Å²) < 4.78 is 0. The number of pyridine rings is 1. The molecule has 0 atom stereocenters. The number of carbonyl (C=O) groups is 1. The van der Waals surface area contributed by atoms with Gasteiger partial charge in [-0.3, -0.25) is 9.78 Å². The van der Waals surface area contributed by atoms with Crippen molar-refractivity contribution in [1.82, 2.24) is 9.97 Å². The predicted molar refractivity (Wildman–Crippen MR) is 68.6 cm³/mol. The van der Waals surface area contributed by atoms with Crippen molar-refractivity contribution in [2.24, 2.45) is 0 Å². The van der Waals surface area contributed by atoms with E-state index in [4.69, 9.17) is 0 Å². The van der Waals surface area contributed by atoms with Crippen molar-refractivity contribution in [3.8, 4) is 0 Å². The van der Waals surface area contributed by atoms with Gasteiger partial charge in [0, 0.05) is 22.3 Å². The SMILES string of the molecule is Cc1ncccc1C(=O)Cc1nc(C)c(C)s1. The molecule has 2 aromatic rings. The van der Waals surface area contributed by atoms with Crippen LogP contribution in [0.4, 0.5) is 0 Å². The summed E-state index contributed by atoms with van der Waals surface area (Å²) in [5.41, 5.74) is 2.49. The third-order valence-electron chi connectivity index (χ3n) is 2.69. The van der Waals surface area contributed by atoms with Gasteiger partial charge in [-0.2, -0.15) is 0 Å². The van der Waals surface area contributed by atoms with E-state index < -0.39 is 0 Å². The van der Waals surface area contributed by atoms with Crippen molar-refractivity contribution in [2.75, 3.05) is 0 Å². The lowest BCUT2D eigenvalue weighted by molar-refractivity contribution is 0.0992. The molecule has 2 rings (SSSR count). The Bertz CT molecular complexity index is 541. The minimum absolute atomic E-state index is 0.0874. The quantitative estimate of drug-likeness (QED) is 0.782. The average molecular weight is 246 g/mol. The van der Waals surface area contributed by atoms with Crippen LogP contribution in [0.15, 0.2) is 18.3 Å². The summed E-state index contributed by atoms with van der Waals surface area (Å²) >= 11 is 1.59. The Hall–Kier alpha value is -1.55. The van der Waals surface area contributed by atoms with Gasteiger partial charge in [0.1, 0.15) is 5.01 Å². The van der Waals surface area contributed by atoms with Crippen LogP contribution in [-0.4, -0.2) is 15.8 Å². The molecule has 0 saturated heterocycles. The van der Waals surface area contributed by atoms with E-state index in [1.807, 2.05) is 26.8 Å². The van der Waals surface area contributed by atoms with Gasteiger partial charge in [-0.05, 0) is 32.9 Å². The Morgan fingerprint density at radius 3 is 2.65 bits per heavy atom. The number of thiazole rings is 1. The standard InChI is InChI=1S/C13H14N2OS/c1-8-10(3)17-13(15-8)7-12(16)11-5-4-6-14-9(11)2/h4-6H,7H2,1-3H3. The number of nitrogens with zero attached hydrogens (tertiary/aromatic N) is 2. The van der Waals surface area contributed by atoms with Crippen LogP contribution >= 0.6 is 11.3 Å². The van der Waals surface area contributed by atoms with E-state index in [1.54, 1.807) is 23.6 Å². The van der Waals surface area contributed by atoms with Gasteiger partial charge in [-0.1, -0.05) is 0 Å². The topological polar surface area (TPSA) is 42.9 Å². The molecule has 2 aromatic heterocycles. The number of aromatic nitrogens is 2. The number of carbonyl (C=O) groups excluding carboxylic acids is 1. The van der Waals surface area contributed by atoms with Crippen LogP contribution in [-0.2, 0) is 6.42 Å². The first-order valence-corrected chi connectivity index (χ1v) is 6.27. The first-order valence-electron chi connectivity index (χ1n) is 5.45. The van der Waals surface area contributed by atoms with Gasteiger partial charge in [-0.15, -0.1) is 11.3 Å². The van der Waals surface area contributed by atoms with Gasteiger partial charge >= 0.3 is 0 Å². The highest BCUT2D eigenvalue weighted by atomic mass is 32.1. The molecular formula is C13H14N2OS. The Labute approximate surface area is 105 Å². The normalized spacial score (nSPS) is 10.5. The summed E-state index contributed by atoms with van der Waals surface area (Å²) in [5, 5.41) is 0.883. The van der Waals surface area contributed by atoms with E-state index in [9.17, 15) is 4.79 Å². The highest BCUT2D eigenvalue weighted by molar-refractivity contribution is 7.11. The van der Waals surface area contributed by atoms with E-state index in [-0.39, 0.29) is 5.78 Å². The van der Waals surface area contributed by atoms with Crippen LogP contribution in [0.25, 0.3) is 0 Å². The molecule has 17 heavy (non-hydrogen) atoms. The molecule has 0 aliphatic heterocycles. The summed E-state index contributed by atoms with van der Waals surface area (Å²) in [4.78, 5) is 21.8. The van der Waals surface area contributed by atoms with E-state index >= 15 is 0 Å². The van der Waals surface area contributed by atoms with E-state index in [0.29, 0.717) is 12.0 Å². The van der Waals surface area contributed by atoms with Crippen LogP contribution in [0.2, 0.25) is 0 Å². The van der Waals surface area contributed by atoms with Crippen LogP contribution in [0.1, 0.15) is 31.6 Å². The highest BCUT2D eigenvalue weighted by Crippen LogP contribution is 2.18. The first kappa shape index (κ1) is 11.9. The smallest absolute Gasteiger partial charge is 0.171 e. The summed E-state index contributed by atoms with van der Waals surface area (Å²) in [5.74, 6) is 0.0874. The van der Waals surface area contributed by atoms with Gasteiger partial charge in [0.05, 0.1) is 12.1 Å². The third-order valence-corrected chi connectivity index (χ3v) is 3.76. The lowest BCUT2D eigenvalue weighted by Crippen LogP contribution is -2.06. The first-order chi connectivity index (χ1) is 8.08. The van der Waals surface area contributed by atoms with Crippen LogP contribution in [0.3, 0.4) is 0 Å². The zero-order chi connectivity index (χ0) is 12.4. The van der Waals surface area contributed by atoms with Crippen LogP contribution in [0.5, 0.6) is 0 Å². The summed E-state index contributed by atoms with van der Waals surface area (Å²) in [6.45, 7) is 5.84. The Morgan fingerprint density at radius 1 is 1.29 bits per heavy atom. The van der Waals surface area contributed by atoms with Gasteiger partial charge in [0.2, 0.25) is 0 Å². The fourth-order valence-corrected chi connectivity index (χ4v) is 2.56. The van der Waals surface area contributed by atoms with Crippen molar-refractivity contribution in [3.63, 3.8) is 0 Å². The van der Waals surface area contributed by atoms with Crippen molar-refractivity contribution in [3.05, 3.63) is 45.2 Å². The zero-order valence-corrected chi connectivity index (χ0v) is 11.0. The van der Waals surface area contributed by atoms with E-state index in [0.717, 1.165) is 16.4 Å². The average Bonchev–Trinajstić information content (AvgIpc) is 2.58. The number of hydrogen-bond acceptors (Lipinski definition) is 4. The minimum atomic E-state index is 0.0874. The summed E-state index contributed by atoms with van der Waals surface area (Å²) in [6.07, 6.45) is 2.07. The van der Waals surface area contributed by atoms with Gasteiger partial charge in [0.15, 0.2) is 5.78 Å².